The Hall–Kier alpha value is -1.26. The Balaban J connectivity index is 1.70. The molecule has 1 N–H and O–H groups in total. The number of carbonyl (C=O) groups excluding carboxylic acids is 1. The van der Waals surface area contributed by atoms with Crippen LogP contribution >= 0.6 is 11.6 Å². The van der Waals surface area contributed by atoms with Crippen LogP contribution < -0.4 is 10.1 Å². The standard InChI is InChI=1S/C16H23ClN2O2/c1-2-16(20)18-14-4-3-9-19(12-14)10-11-21-15-7-5-13(17)6-8-15/h5-8,14H,2-4,9-12H2,1H3,(H,18,20). The number of benzene rings is 1. The molecule has 0 radical (unpaired) electrons. The molecule has 1 amide bonds. The second-order valence-corrected chi connectivity index (χ2v) is 5.80. The highest BCUT2D eigenvalue weighted by atomic mass is 35.5. The Labute approximate surface area is 131 Å². The Bertz CT molecular complexity index is 450. The van der Waals surface area contributed by atoms with E-state index in [0.29, 0.717) is 18.1 Å². The molecule has 0 aromatic heterocycles. The predicted molar refractivity (Wildman–Crippen MR) is 84.8 cm³/mol. The molecular formula is C16H23ClN2O2. The summed E-state index contributed by atoms with van der Waals surface area (Å²) in [7, 11) is 0. The lowest BCUT2D eigenvalue weighted by atomic mass is 10.1. The SMILES string of the molecule is CCC(=O)NC1CCCN(CCOc2ccc(Cl)cc2)C1. The number of likely N-dealkylation sites (tertiary alicyclic amines) is 1. The molecule has 5 heteroatoms. The van der Waals surface area contributed by atoms with E-state index in [9.17, 15) is 4.79 Å². The van der Waals surface area contributed by atoms with Crippen LogP contribution in [0.4, 0.5) is 0 Å². The molecule has 1 atom stereocenters. The van der Waals surface area contributed by atoms with Gasteiger partial charge >= 0.3 is 0 Å². The van der Waals surface area contributed by atoms with Gasteiger partial charge in [0, 0.05) is 30.6 Å². The van der Waals surface area contributed by atoms with E-state index in [1.54, 1.807) is 0 Å². The van der Waals surface area contributed by atoms with Crippen molar-refractivity contribution in [3.63, 3.8) is 0 Å². The molecule has 1 saturated heterocycles. The van der Waals surface area contributed by atoms with Gasteiger partial charge in [-0.25, -0.2) is 0 Å². The summed E-state index contributed by atoms with van der Waals surface area (Å²) in [5, 5.41) is 3.79. The minimum absolute atomic E-state index is 0.138. The van der Waals surface area contributed by atoms with Crippen molar-refractivity contribution in [3.05, 3.63) is 29.3 Å². The quantitative estimate of drug-likeness (QED) is 0.878. The maximum Gasteiger partial charge on any atom is 0.219 e. The Kier molecular flexibility index (Phi) is 6.33. The van der Waals surface area contributed by atoms with Crippen molar-refractivity contribution in [3.8, 4) is 5.75 Å². The monoisotopic (exact) mass is 310 g/mol. The van der Waals surface area contributed by atoms with E-state index in [0.717, 1.165) is 38.2 Å². The summed E-state index contributed by atoms with van der Waals surface area (Å²) in [6.45, 7) is 5.39. The number of ether oxygens (including phenoxy) is 1. The molecule has 1 aromatic carbocycles. The van der Waals surface area contributed by atoms with Crippen molar-refractivity contribution in [1.29, 1.82) is 0 Å². The summed E-state index contributed by atoms with van der Waals surface area (Å²) < 4.78 is 5.71. The lowest BCUT2D eigenvalue weighted by Crippen LogP contribution is -2.48. The summed E-state index contributed by atoms with van der Waals surface area (Å²) in [4.78, 5) is 13.8. The van der Waals surface area contributed by atoms with Gasteiger partial charge in [0.2, 0.25) is 5.91 Å². The molecule has 21 heavy (non-hydrogen) atoms. The van der Waals surface area contributed by atoms with Gasteiger partial charge in [0.05, 0.1) is 0 Å². The van der Waals surface area contributed by atoms with Gasteiger partial charge in [0.1, 0.15) is 12.4 Å². The molecule has 1 aromatic rings. The summed E-state index contributed by atoms with van der Waals surface area (Å²) >= 11 is 5.84. The third kappa shape index (κ3) is 5.56. The van der Waals surface area contributed by atoms with Crippen LogP contribution in [0.3, 0.4) is 0 Å². The van der Waals surface area contributed by atoms with Crippen LogP contribution in [-0.2, 0) is 4.79 Å². The first-order chi connectivity index (χ1) is 10.2. The molecule has 116 valence electrons. The molecule has 1 unspecified atom stereocenters. The van der Waals surface area contributed by atoms with Crippen LogP contribution in [0.15, 0.2) is 24.3 Å². The van der Waals surface area contributed by atoms with E-state index in [-0.39, 0.29) is 11.9 Å². The minimum atomic E-state index is 0.138. The normalized spacial score (nSPS) is 19.2. The van der Waals surface area contributed by atoms with Crippen LogP contribution in [0.2, 0.25) is 5.02 Å². The van der Waals surface area contributed by atoms with Gasteiger partial charge < -0.3 is 10.1 Å². The van der Waals surface area contributed by atoms with Crippen LogP contribution in [0.5, 0.6) is 5.75 Å². The number of hydrogen-bond acceptors (Lipinski definition) is 3. The minimum Gasteiger partial charge on any atom is -0.492 e. The maximum atomic E-state index is 11.4. The average molecular weight is 311 g/mol. The van der Waals surface area contributed by atoms with E-state index in [1.165, 1.54) is 0 Å². The number of nitrogens with one attached hydrogen (secondary N) is 1. The lowest BCUT2D eigenvalue weighted by Gasteiger charge is -2.32. The molecule has 2 rings (SSSR count). The number of rotatable bonds is 6. The zero-order valence-corrected chi connectivity index (χ0v) is 13.2. The Morgan fingerprint density at radius 3 is 2.90 bits per heavy atom. The highest BCUT2D eigenvalue weighted by Gasteiger charge is 2.20. The van der Waals surface area contributed by atoms with E-state index in [4.69, 9.17) is 16.3 Å². The number of halogens is 1. The number of piperidine rings is 1. The average Bonchev–Trinajstić information content (AvgIpc) is 2.49. The smallest absolute Gasteiger partial charge is 0.219 e. The van der Waals surface area contributed by atoms with Gasteiger partial charge in [0.25, 0.3) is 0 Å². The summed E-state index contributed by atoms with van der Waals surface area (Å²) in [6.07, 6.45) is 2.74. The fourth-order valence-corrected chi connectivity index (χ4v) is 2.66. The molecule has 0 saturated carbocycles. The maximum absolute atomic E-state index is 11.4. The van der Waals surface area contributed by atoms with Gasteiger partial charge in [-0.3, -0.25) is 9.69 Å². The van der Waals surface area contributed by atoms with Crippen molar-refractivity contribution in [1.82, 2.24) is 10.2 Å². The summed E-state index contributed by atoms with van der Waals surface area (Å²) in [5.41, 5.74) is 0. The summed E-state index contributed by atoms with van der Waals surface area (Å²) in [5.74, 6) is 0.978. The van der Waals surface area contributed by atoms with Crippen molar-refractivity contribution >= 4 is 17.5 Å². The van der Waals surface area contributed by atoms with Crippen molar-refractivity contribution in [2.24, 2.45) is 0 Å². The number of nitrogens with zero attached hydrogens (tertiary/aromatic N) is 1. The van der Waals surface area contributed by atoms with Gasteiger partial charge in [0.15, 0.2) is 0 Å². The number of amides is 1. The first kappa shape index (κ1) is 16.1. The molecule has 0 aliphatic carbocycles. The largest absolute Gasteiger partial charge is 0.492 e. The van der Waals surface area contributed by atoms with Gasteiger partial charge in [-0.05, 0) is 43.7 Å². The summed E-state index contributed by atoms with van der Waals surface area (Å²) in [6, 6.07) is 7.69. The topological polar surface area (TPSA) is 41.6 Å². The zero-order valence-electron chi connectivity index (χ0n) is 12.5. The first-order valence-electron chi connectivity index (χ1n) is 7.57. The van der Waals surface area contributed by atoms with Crippen LogP contribution in [0.1, 0.15) is 26.2 Å². The van der Waals surface area contributed by atoms with Crippen molar-refractivity contribution in [2.45, 2.75) is 32.2 Å². The predicted octanol–water partition coefficient (Wildman–Crippen LogP) is 2.71. The van der Waals surface area contributed by atoms with Gasteiger partial charge in [-0.1, -0.05) is 18.5 Å². The highest BCUT2D eigenvalue weighted by Crippen LogP contribution is 2.16. The molecule has 0 bridgehead atoms. The lowest BCUT2D eigenvalue weighted by molar-refractivity contribution is -0.121. The number of hydrogen-bond donors (Lipinski definition) is 1. The Morgan fingerprint density at radius 2 is 2.19 bits per heavy atom. The van der Waals surface area contributed by atoms with E-state index in [2.05, 4.69) is 10.2 Å². The van der Waals surface area contributed by atoms with Crippen LogP contribution in [-0.4, -0.2) is 43.1 Å². The molecule has 1 aliphatic heterocycles. The third-order valence-electron chi connectivity index (χ3n) is 3.68. The third-order valence-corrected chi connectivity index (χ3v) is 3.93. The molecule has 1 fully saturated rings. The zero-order chi connectivity index (χ0) is 15.1. The second kappa shape index (κ2) is 8.25. The van der Waals surface area contributed by atoms with Crippen molar-refractivity contribution < 1.29 is 9.53 Å². The highest BCUT2D eigenvalue weighted by molar-refractivity contribution is 6.30. The molecule has 1 heterocycles. The van der Waals surface area contributed by atoms with Crippen LogP contribution in [0.25, 0.3) is 0 Å². The Morgan fingerprint density at radius 1 is 1.43 bits per heavy atom. The van der Waals surface area contributed by atoms with E-state index >= 15 is 0 Å². The van der Waals surface area contributed by atoms with E-state index in [1.807, 2.05) is 31.2 Å². The second-order valence-electron chi connectivity index (χ2n) is 5.36. The van der Waals surface area contributed by atoms with E-state index < -0.39 is 0 Å². The fraction of sp³-hybridized carbons (Fsp3) is 0.562. The van der Waals surface area contributed by atoms with Gasteiger partial charge in [-0.15, -0.1) is 0 Å². The molecule has 4 nitrogen and oxygen atoms in total. The number of carbonyl (C=O) groups is 1. The molecular weight excluding hydrogens is 288 g/mol. The van der Waals surface area contributed by atoms with Crippen molar-refractivity contribution in [2.75, 3.05) is 26.2 Å². The first-order valence-corrected chi connectivity index (χ1v) is 7.95. The molecule has 1 aliphatic rings. The molecule has 0 spiro atoms. The van der Waals surface area contributed by atoms with Gasteiger partial charge in [-0.2, -0.15) is 0 Å². The fourth-order valence-electron chi connectivity index (χ4n) is 2.53. The van der Waals surface area contributed by atoms with Crippen LogP contribution in [0, 0.1) is 0 Å².